The quantitative estimate of drug-likeness (QED) is 0.168. The first kappa shape index (κ1) is 31.6. The first-order chi connectivity index (χ1) is 22.3. The molecule has 1 fully saturated rings. The number of hydrazine groups is 1. The summed E-state index contributed by atoms with van der Waals surface area (Å²) >= 11 is 0. The van der Waals surface area contributed by atoms with Crippen LogP contribution in [0, 0.1) is 0 Å². The van der Waals surface area contributed by atoms with Crippen molar-refractivity contribution in [3.63, 3.8) is 0 Å². The van der Waals surface area contributed by atoms with Crippen molar-refractivity contribution in [1.82, 2.24) is 9.71 Å². The summed E-state index contributed by atoms with van der Waals surface area (Å²) in [6.45, 7) is 5.26. The van der Waals surface area contributed by atoms with Gasteiger partial charge in [-0.05, 0) is 68.8 Å². The fourth-order valence-corrected chi connectivity index (χ4v) is 7.17. The number of morpholine rings is 1. The summed E-state index contributed by atoms with van der Waals surface area (Å²) in [5, 5.41) is 5.61. The van der Waals surface area contributed by atoms with Gasteiger partial charge in [0.25, 0.3) is 0 Å². The van der Waals surface area contributed by atoms with Gasteiger partial charge in [0.15, 0.2) is 0 Å². The molecule has 12 heteroatoms. The van der Waals surface area contributed by atoms with Crippen molar-refractivity contribution in [2.45, 2.75) is 36.6 Å². The third-order valence-corrected chi connectivity index (χ3v) is 10.2. The first-order valence-corrected chi connectivity index (χ1v) is 17.0. The standard InChI is InChI=1S/C34H42N6O5S/c1-23-19-25(20-24-9-12-27(43-3)13-10-24)34-30(40(23)38-29-7-5-6-8-32(29)46(41,42)35-2)22-33(37-34)36-28-14-11-26(21-31(28)44-4)39-15-17-45-18-16-39/h5-14,21-23,25,35-38H,15-20H2,1-4H3. The molecule has 2 aliphatic heterocycles. The Morgan fingerprint density at radius 1 is 0.957 bits per heavy atom. The van der Waals surface area contributed by atoms with Crippen LogP contribution in [0.25, 0.3) is 0 Å². The molecule has 6 rings (SSSR count). The summed E-state index contributed by atoms with van der Waals surface area (Å²) in [5.74, 6) is 2.56. The number of sulfonamides is 1. The van der Waals surface area contributed by atoms with E-state index in [9.17, 15) is 8.42 Å². The molecule has 2 aliphatic rings. The second kappa shape index (κ2) is 13.5. The van der Waals surface area contributed by atoms with Gasteiger partial charge >= 0.3 is 0 Å². The maximum Gasteiger partial charge on any atom is 0.242 e. The zero-order chi connectivity index (χ0) is 32.3. The van der Waals surface area contributed by atoms with E-state index in [1.54, 1.807) is 32.4 Å². The topological polar surface area (TPSA) is 120 Å². The van der Waals surface area contributed by atoms with Gasteiger partial charge in [0.2, 0.25) is 10.0 Å². The van der Waals surface area contributed by atoms with Gasteiger partial charge in [0.05, 0.1) is 44.5 Å². The summed E-state index contributed by atoms with van der Waals surface area (Å²) < 4.78 is 44.9. The van der Waals surface area contributed by atoms with E-state index in [4.69, 9.17) is 14.2 Å². The highest BCUT2D eigenvalue weighted by atomic mass is 32.2. The number of methoxy groups -OCH3 is 2. The minimum Gasteiger partial charge on any atom is -0.497 e. The zero-order valence-electron chi connectivity index (χ0n) is 26.7. The molecule has 3 heterocycles. The predicted molar refractivity (Wildman–Crippen MR) is 182 cm³/mol. The molecule has 1 aromatic heterocycles. The van der Waals surface area contributed by atoms with E-state index >= 15 is 0 Å². The fourth-order valence-electron chi connectivity index (χ4n) is 6.29. The van der Waals surface area contributed by atoms with Crippen LogP contribution in [0.1, 0.15) is 30.5 Å². The van der Waals surface area contributed by atoms with Crippen LogP contribution < -0.4 is 34.8 Å². The number of ether oxygens (including phenoxy) is 3. The van der Waals surface area contributed by atoms with E-state index < -0.39 is 10.0 Å². The van der Waals surface area contributed by atoms with Crippen LogP contribution in [0.4, 0.5) is 28.6 Å². The molecule has 0 spiro atoms. The number of aromatic amines is 1. The number of para-hydroxylation sites is 1. The number of fused-ring (bicyclic) bond motifs is 1. The maximum absolute atomic E-state index is 12.9. The SMILES string of the molecule is CNS(=O)(=O)c1ccccc1NN1c2cc(Nc3ccc(N4CCOCC4)cc3OC)[nH]c2C(Cc2ccc(OC)cc2)CC1C. The summed E-state index contributed by atoms with van der Waals surface area (Å²) in [6.07, 6.45) is 1.67. The minimum absolute atomic E-state index is 0.0482. The number of hydrogen-bond donors (Lipinski definition) is 4. The number of benzene rings is 3. The zero-order valence-corrected chi connectivity index (χ0v) is 27.5. The monoisotopic (exact) mass is 646 g/mol. The molecular weight excluding hydrogens is 604 g/mol. The van der Waals surface area contributed by atoms with Crippen LogP contribution in [0.15, 0.2) is 77.7 Å². The number of rotatable bonds is 11. The van der Waals surface area contributed by atoms with E-state index in [2.05, 4.69) is 67.6 Å². The van der Waals surface area contributed by atoms with Crippen molar-refractivity contribution in [1.29, 1.82) is 0 Å². The van der Waals surface area contributed by atoms with Gasteiger partial charge in [0.1, 0.15) is 22.2 Å². The highest BCUT2D eigenvalue weighted by Crippen LogP contribution is 2.43. The molecule has 4 aromatic rings. The van der Waals surface area contributed by atoms with Gasteiger partial charge in [-0.25, -0.2) is 13.1 Å². The molecule has 0 aliphatic carbocycles. The van der Waals surface area contributed by atoms with Crippen molar-refractivity contribution in [3.8, 4) is 11.5 Å². The second-order valence-electron chi connectivity index (χ2n) is 11.6. The predicted octanol–water partition coefficient (Wildman–Crippen LogP) is 5.47. The van der Waals surface area contributed by atoms with E-state index in [1.165, 1.54) is 12.6 Å². The third-order valence-electron chi connectivity index (χ3n) is 8.72. The van der Waals surface area contributed by atoms with Crippen LogP contribution >= 0.6 is 0 Å². The number of nitrogens with one attached hydrogen (secondary N) is 4. The van der Waals surface area contributed by atoms with Gasteiger partial charge in [-0.2, -0.15) is 0 Å². The van der Waals surface area contributed by atoms with Crippen LogP contribution in [0.3, 0.4) is 0 Å². The maximum atomic E-state index is 12.9. The smallest absolute Gasteiger partial charge is 0.242 e. The highest BCUT2D eigenvalue weighted by Gasteiger charge is 2.34. The molecule has 244 valence electrons. The van der Waals surface area contributed by atoms with Crippen molar-refractivity contribution in [2.24, 2.45) is 0 Å². The molecular formula is C34H42N6O5S. The number of anilines is 5. The number of nitrogens with zero attached hydrogens (tertiary/aromatic N) is 2. The van der Waals surface area contributed by atoms with Gasteiger partial charge in [-0.15, -0.1) is 0 Å². The van der Waals surface area contributed by atoms with E-state index in [1.807, 2.05) is 24.3 Å². The summed E-state index contributed by atoms with van der Waals surface area (Å²) in [4.78, 5) is 6.15. The fraction of sp³-hybridized carbons (Fsp3) is 0.353. The Morgan fingerprint density at radius 3 is 2.43 bits per heavy atom. The Kier molecular flexibility index (Phi) is 9.29. The Bertz CT molecular complexity index is 1750. The van der Waals surface area contributed by atoms with Gasteiger partial charge in [-0.1, -0.05) is 24.3 Å². The minimum atomic E-state index is -3.68. The van der Waals surface area contributed by atoms with Crippen LogP contribution in [-0.4, -0.2) is 67.0 Å². The molecule has 46 heavy (non-hydrogen) atoms. The Labute approximate surface area is 270 Å². The van der Waals surface area contributed by atoms with Crippen LogP contribution in [0.2, 0.25) is 0 Å². The van der Waals surface area contributed by atoms with Crippen molar-refractivity contribution in [2.75, 3.05) is 68.2 Å². The third kappa shape index (κ3) is 6.60. The van der Waals surface area contributed by atoms with Crippen LogP contribution in [-0.2, 0) is 21.2 Å². The van der Waals surface area contributed by atoms with Crippen molar-refractivity contribution >= 4 is 38.6 Å². The van der Waals surface area contributed by atoms with Gasteiger partial charge < -0.3 is 29.4 Å². The second-order valence-corrected chi connectivity index (χ2v) is 13.5. The molecule has 0 amide bonds. The number of H-pyrrole nitrogens is 1. The van der Waals surface area contributed by atoms with Gasteiger partial charge in [-0.3, -0.25) is 10.4 Å². The van der Waals surface area contributed by atoms with Gasteiger partial charge in [0, 0.05) is 48.6 Å². The lowest BCUT2D eigenvalue weighted by molar-refractivity contribution is 0.122. The molecule has 0 bridgehead atoms. The average molecular weight is 647 g/mol. The lowest BCUT2D eigenvalue weighted by atomic mass is 9.86. The Morgan fingerprint density at radius 2 is 1.72 bits per heavy atom. The van der Waals surface area contributed by atoms with E-state index in [0.29, 0.717) is 18.9 Å². The van der Waals surface area contributed by atoms with Crippen molar-refractivity contribution in [3.05, 3.63) is 84.1 Å². The lowest BCUT2D eigenvalue weighted by Crippen LogP contribution is -2.43. The van der Waals surface area contributed by atoms with E-state index in [-0.39, 0.29) is 16.9 Å². The summed E-state index contributed by atoms with van der Waals surface area (Å²) in [7, 11) is 1.09. The van der Waals surface area contributed by atoms with Crippen molar-refractivity contribution < 1.29 is 22.6 Å². The van der Waals surface area contributed by atoms with E-state index in [0.717, 1.165) is 66.0 Å². The summed E-state index contributed by atoms with van der Waals surface area (Å²) in [5.41, 5.74) is 9.09. The lowest BCUT2D eigenvalue weighted by Gasteiger charge is -2.39. The first-order valence-electron chi connectivity index (χ1n) is 15.5. The summed E-state index contributed by atoms with van der Waals surface area (Å²) in [6, 6.07) is 23.4. The Balaban J connectivity index is 1.34. The molecule has 3 aromatic carbocycles. The number of aromatic nitrogens is 1. The number of hydrogen-bond acceptors (Lipinski definition) is 9. The normalized spacial score (nSPS) is 18.2. The molecule has 0 saturated carbocycles. The molecule has 2 unspecified atom stereocenters. The molecule has 1 saturated heterocycles. The Hall–Kier alpha value is -4.39. The average Bonchev–Trinajstić information content (AvgIpc) is 3.51. The van der Waals surface area contributed by atoms with Crippen LogP contribution in [0.5, 0.6) is 11.5 Å². The molecule has 2 atom stereocenters. The molecule has 0 radical (unpaired) electrons. The molecule has 4 N–H and O–H groups in total. The highest BCUT2D eigenvalue weighted by molar-refractivity contribution is 7.89. The molecule has 11 nitrogen and oxygen atoms in total. The largest absolute Gasteiger partial charge is 0.497 e.